The number of hydrogen-bond acceptors (Lipinski definition) is 4. The molecule has 1 atom stereocenters. The maximum absolute atomic E-state index is 9.05. The highest BCUT2D eigenvalue weighted by Crippen LogP contribution is 2.36. The largest absolute Gasteiger partial charge is 0.396 e. The third-order valence-electron chi connectivity index (χ3n) is 3.76. The first-order valence-electron chi connectivity index (χ1n) is 6.69. The van der Waals surface area contributed by atoms with Crippen LogP contribution in [-0.4, -0.2) is 26.7 Å². The fourth-order valence-corrected chi connectivity index (χ4v) is 2.79. The second kappa shape index (κ2) is 5.96. The average Bonchev–Trinajstić information content (AvgIpc) is 2.97. The summed E-state index contributed by atoms with van der Waals surface area (Å²) < 4.78 is 1.93. The molecule has 1 N–H and O–H groups in total. The van der Waals surface area contributed by atoms with Gasteiger partial charge in [-0.25, -0.2) is 4.68 Å². The second-order valence-electron chi connectivity index (χ2n) is 5.04. The van der Waals surface area contributed by atoms with Crippen LogP contribution >= 0.6 is 0 Å². The molecule has 1 fully saturated rings. The highest BCUT2D eigenvalue weighted by Gasteiger charge is 2.27. The summed E-state index contributed by atoms with van der Waals surface area (Å²) in [5.41, 5.74) is 1.96. The Labute approximate surface area is 107 Å². The third kappa shape index (κ3) is 2.54. The summed E-state index contributed by atoms with van der Waals surface area (Å²) in [5.74, 6) is 0.490. The molecule has 1 unspecified atom stereocenters. The molecule has 5 nitrogen and oxygen atoms in total. The van der Waals surface area contributed by atoms with Crippen molar-refractivity contribution < 1.29 is 5.11 Å². The minimum absolute atomic E-state index is 0.144. The van der Waals surface area contributed by atoms with Gasteiger partial charge in [0.05, 0.1) is 24.2 Å². The van der Waals surface area contributed by atoms with E-state index in [2.05, 4.69) is 16.4 Å². The van der Waals surface area contributed by atoms with Gasteiger partial charge in [0.25, 0.3) is 0 Å². The van der Waals surface area contributed by atoms with Crippen LogP contribution < -0.4 is 0 Å². The topological polar surface area (TPSA) is 74.7 Å². The number of rotatable bonds is 5. The molecule has 18 heavy (non-hydrogen) atoms. The van der Waals surface area contributed by atoms with E-state index in [1.54, 1.807) is 0 Å². The molecule has 1 heterocycles. The van der Waals surface area contributed by atoms with Crippen LogP contribution in [0.15, 0.2) is 0 Å². The third-order valence-corrected chi connectivity index (χ3v) is 3.76. The first kappa shape index (κ1) is 13.0. The number of aromatic nitrogens is 3. The molecule has 1 aliphatic carbocycles. The minimum atomic E-state index is 0.144. The summed E-state index contributed by atoms with van der Waals surface area (Å²) in [6.07, 6.45) is 5.83. The lowest BCUT2D eigenvalue weighted by Gasteiger charge is -2.17. The highest BCUT2D eigenvalue weighted by atomic mass is 16.3. The van der Waals surface area contributed by atoms with Crippen LogP contribution in [-0.2, 0) is 6.42 Å². The minimum Gasteiger partial charge on any atom is -0.396 e. The van der Waals surface area contributed by atoms with Gasteiger partial charge < -0.3 is 5.11 Å². The van der Waals surface area contributed by atoms with Crippen molar-refractivity contribution in [2.75, 3.05) is 6.61 Å². The van der Waals surface area contributed by atoms with Gasteiger partial charge in [-0.3, -0.25) is 0 Å². The molecule has 0 aromatic carbocycles. The van der Waals surface area contributed by atoms with E-state index in [1.807, 2.05) is 11.6 Å². The van der Waals surface area contributed by atoms with Gasteiger partial charge in [-0.2, -0.15) is 5.26 Å². The Hall–Kier alpha value is -1.41. The van der Waals surface area contributed by atoms with Crippen LogP contribution in [0.3, 0.4) is 0 Å². The molecule has 0 radical (unpaired) electrons. The normalized spacial score (nSPS) is 17.8. The SMILES string of the molecule is CC(CCO)n1nnc(CC#N)c1C1CCCC1. The molecular formula is C13H20N4O. The molecule has 1 saturated carbocycles. The fourth-order valence-electron chi connectivity index (χ4n) is 2.79. The molecule has 2 rings (SSSR count). The number of aliphatic hydroxyl groups excluding tert-OH is 1. The zero-order chi connectivity index (χ0) is 13.0. The lowest BCUT2D eigenvalue weighted by molar-refractivity contribution is 0.253. The van der Waals surface area contributed by atoms with Crippen LogP contribution in [0.4, 0.5) is 0 Å². The molecule has 1 aromatic heterocycles. The summed E-state index contributed by atoms with van der Waals surface area (Å²) in [6.45, 7) is 2.19. The van der Waals surface area contributed by atoms with Crippen molar-refractivity contribution in [3.05, 3.63) is 11.4 Å². The van der Waals surface area contributed by atoms with E-state index in [9.17, 15) is 0 Å². The quantitative estimate of drug-likeness (QED) is 0.864. The van der Waals surface area contributed by atoms with Crippen molar-refractivity contribution in [1.29, 1.82) is 5.26 Å². The number of hydrogen-bond donors (Lipinski definition) is 1. The summed E-state index contributed by atoms with van der Waals surface area (Å²) in [4.78, 5) is 0. The van der Waals surface area contributed by atoms with Crippen molar-refractivity contribution in [2.45, 2.75) is 57.4 Å². The predicted molar refractivity (Wildman–Crippen MR) is 67.0 cm³/mol. The van der Waals surface area contributed by atoms with E-state index in [0.29, 0.717) is 18.8 Å². The Morgan fingerprint density at radius 1 is 1.50 bits per heavy atom. The Morgan fingerprint density at radius 2 is 2.22 bits per heavy atom. The van der Waals surface area contributed by atoms with E-state index in [-0.39, 0.29) is 12.6 Å². The predicted octanol–water partition coefficient (Wildman–Crippen LogP) is 1.95. The van der Waals surface area contributed by atoms with Gasteiger partial charge in [0.1, 0.15) is 5.69 Å². The van der Waals surface area contributed by atoms with Gasteiger partial charge >= 0.3 is 0 Å². The van der Waals surface area contributed by atoms with Crippen LogP contribution in [0.1, 0.15) is 62.4 Å². The van der Waals surface area contributed by atoms with Gasteiger partial charge in [-0.15, -0.1) is 5.10 Å². The van der Waals surface area contributed by atoms with Crippen molar-refractivity contribution in [3.63, 3.8) is 0 Å². The van der Waals surface area contributed by atoms with E-state index in [1.165, 1.54) is 12.8 Å². The van der Waals surface area contributed by atoms with Gasteiger partial charge in [-0.05, 0) is 26.2 Å². The van der Waals surface area contributed by atoms with E-state index >= 15 is 0 Å². The van der Waals surface area contributed by atoms with E-state index in [4.69, 9.17) is 10.4 Å². The smallest absolute Gasteiger partial charge is 0.100 e. The van der Waals surface area contributed by atoms with Crippen LogP contribution in [0, 0.1) is 11.3 Å². The van der Waals surface area contributed by atoms with E-state index < -0.39 is 0 Å². The Balaban J connectivity index is 2.31. The Kier molecular flexibility index (Phi) is 4.32. The van der Waals surface area contributed by atoms with Crippen molar-refractivity contribution in [2.24, 2.45) is 0 Å². The molecule has 0 spiro atoms. The van der Waals surface area contributed by atoms with Crippen molar-refractivity contribution >= 4 is 0 Å². The molecule has 0 aliphatic heterocycles. The maximum atomic E-state index is 9.05. The fraction of sp³-hybridized carbons (Fsp3) is 0.769. The molecule has 0 amide bonds. The van der Waals surface area contributed by atoms with Crippen LogP contribution in [0.25, 0.3) is 0 Å². The monoisotopic (exact) mass is 248 g/mol. The first-order chi connectivity index (χ1) is 8.77. The van der Waals surface area contributed by atoms with E-state index in [0.717, 1.165) is 24.2 Å². The molecule has 0 saturated heterocycles. The molecule has 0 bridgehead atoms. The van der Waals surface area contributed by atoms with Crippen LogP contribution in [0.2, 0.25) is 0 Å². The zero-order valence-electron chi connectivity index (χ0n) is 10.8. The van der Waals surface area contributed by atoms with Gasteiger partial charge in [0, 0.05) is 12.5 Å². The maximum Gasteiger partial charge on any atom is 0.100 e. The second-order valence-corrected chi connectivity index (χ2v) is 5.04. The lowest BCUT2D eigenvalue weighted by atomic mass is 10.00. The molecular weight excluding hydrogens is 228 g/mol. The standard InChI is InChI=1S/C13H20N4O/c1-10(7-9-18)17-13(11-4-2-3-5-11)12(6-8-14)15-16-17/h10-11,18H,2-7,9H2,1H3. The summed E-state index contributed by atoms with van der Waals surface area (Å²) in [7, 11) is 0. The highest BCUT2D eigenvalue weighted by molar-refractivity contribution is 5.20. The lowest BCUT2D eigenvalue weighted by Crippen LogP contribution is -2.14. The van der Waals surface area contributed by atoms with Crippen molar-refractivity contribution in [1.82, 2.24) is 15.0 Å². The Morgan fingerprint density at radius 3 is 2.83 bits per heavy atom. The number of nitrogens with zero attached hydrogens (tertiary/aromatic N) is 4. The molecule has 5 heteroatoms. The van der Waals surface area contributed by atoms with Gasteiger partial charge in [0.2, 0.25) is 0 Å². The summed E-state index contributed by atoms with van der Waals surface area (Å²) >= 11 is 0. The number of nitriles is 1. The Bertz CT molecular complexity index is 429. The first-order valence-corrected chi connectivity index (χ1v) is 6.69. The zero-order valence-corrected chi connectivity index (χ0v) is 10.8. The van der Waals surface area contributed by atoms with Gasteiger partial charge in [0.15, 0.2) is 0 Å². The van der Waals surface area contributed by atoms with Crippen LogP contribution in [0.5, 0.6) is 0 Å². The van der Waals surface area contributed by atoms with Crippen molar-refractivity contribution in [3.8, 4) is 6.07 Å². The summed E-state index contributed by atoms with van der Waals surface area (Å²) in [5, 5.41) is 26.3. The number of aliphatic hydroxyl groups is 1. The average molecular weight is 248 g/mol. The van der Waals surface area contributed by atoms with Gasteiger partial charge in [-0.1, -0.05) is 18.1 Å². The molecule has 98 valence electrons. The molecule has 1 aromatic rings. The molecule has 1 aliphatic rings. The summed E-state index contributed by atoms with van der Waals surface area (Å²) in [6, 6.07) is 2.31.